The van der Waals surface area contributed by atoms with Crippen molar-refractivity contribution in [3.8, 4) is 5.75 Å². The fourth-order valence-corrected chi connectivity index (χ4v) is 4.58. The van der Waals surface area contributed by atoms with Crippen molar-refractivity contribution in [1.82, 2.24) is 4.90 Å². The molecule has 31 heavy (non-hydrogen) atoms. The Morgan fingerprint density at radius 3 is 2.55 bits per heavy atom. The van der Waals surface area contributed by atoms with Crippen molar-refractivity contribution in [2.24, 2.45) is 5.41 Å². The Balaban J connectivity index is 1.69. The van der Waals surface area contributed by atoms with Gasteiger partial charge in [-0.15, -0.1) is 0 Å². The molecule has 3 aromatic carbocycles. The van der Waals surface area contributed by atoms with E-state index in [0.717, 1.165) is 41.3 Å². The predicted molar refractivity (Wildman–Crippen MR) is 125 cm³/mol. The van der Waals surface area contributed by atoms with Crippen LogP contribution in [-0.4, -0.2) is 28.7 Å². The summed E-state index contributed by atoms with van der Waals surface area (Å²) in [6.45, 7) is 6.85. The average Bonchev–Trinajstić information content (AvgIpc) is 2.75. The lowest BCUT2D eigenvalue weighted by Crippen LogP contribution is -2.43. The Morgan fingerprint density at radius 2 is 1.77 bits per heavy atom. The maximum absolute atomic E-state index is 12.5. The van der Waals surface area contributed by atoms with Gasteiger partial charge in [-0.05, 0) is 52.6 Å². The molecule has 162 valence electrons. The van der Waals surface area contributed by atoms with E-state index in [1.165, 1.54) is 5.56 Å². The van der Waals surface area contributed by atoms with Gasteiger partial charge in [0, 0.05) is 0 Å². The number of aryl methyl sites for hydroxylation is 1. The third kappa shape index (κ3) is 4.84. The molecule has 0 unspecified atom stereocenters. The van der Waals surface area contributed by atoms with Gasteiger partial charge in [0.2, 0.25) is 0 Å². The second kappa shape index (κ2) is 8.62. The Morgan fingerprint density at radius 1 is 1.06 bits per heavy atom. The first-order chi connectivity index (χ1) is 14.8. The minimum absolute atomic E-state index is 0.0324. The highest BCUT2D eigenvalue weighted by molar-refractivity contribution is 5.86. The van der Waals surface area contributed by atoms with Gasteiger partial charge in [0.05, 0.1) is 12.6 Å². The highest BCUT2D eigenvalue weighted by atomic mass is 16.5. The van der Waals surface area contributed by atoms with E-state index in [1.54, 1.807) is 4.90 Å². The summed E-state index contributed by atoms with van der Waals surface area (Å²) in [5.74, 6) is 0.877. The molecule has 0 aliphatic carbocycles. The second-order valence-corrected chi connectivity index (χ2v) is 9.67. The highest BCUT2D eigenvalue weighted by Crippen LogP contribution is 2.38. The quantitative estimate of drug-likeness (QED) is 0.503. The number of nitrogens with zero attached hydrogens (tertiary/aromatic N) is 1. The number of hydrogen-bond donors (Lipinski definition) is 1. The van der Waals surface area contributed by atoms with Crippen molar-refractivity contribution >= 4 is 16.9 Å². The molecule has 1 amide bonds. The summed E-state index contributed by atoms with van der Waals surface area (Å²) in [6, 6.07) is 22.2. The summed E-state index contributed by atoms with van der Waals surface area (Å²) < 4.78 is 6.21. The van der Waals surface area contributed by atoms with Crippen LogP contribution in [0.25, 0.3) is 10.8 Å². The Labute approximate surface area is 184 Å². The topological polar surface area (TPSA) is 49.8 Å². The fourth-order valence-electron chi connectivity index (χ4n) is 4.58. The van der Waals surface area contributed by atoms with Crippen LogP contribution in [0.5, 0.6) is 5.75 Å². The van der Waals surface area contributed by atoms with Crippen LogP contribution in [0.4, 0.5) is 4.79 Å². The van der Waals surface area contributed by atoms with Crippen molar-refractivity contribution < 1.29 is 14.6 Å². The maximum Gasteiger partial charge on any atom is 0.407 e. The number of rotatable bonds is 5. The molecule has 0 saturated carbocycles. The smallest absolute Gasteiger partial charge is 0.407 e. The summed E-state index contributed by atoms with van der Waals surface area (Å²) in [4.78, 5) is 14.1. The van der Waals surface area contributed by atoms with Crippen LogP contribution in [0.3, 0.4) is 0 Å². The highest BCUT2D eigenvalue weighted by Gasteiger charge is 2.33. The molecule has 0 saturated heterocycles. The van der Waals surface area contributed by atoms with E-state index in [4.69, 9.17) is 4.74 Å². The number of carboxylic acid groups (broad SMARTS) is 1. The van der Waals surface area contributed by atoms with E-state index in [-0.39, 0.29) is 17.6 Å². The molecule has 1 aliphatic heterocycles. The molecule has 3 aromatic rings. The first-order valence-electron chi connectivity index (χ1n) is 11.0. The van der Waals surface area contributed by atoms with Gasteiger partial charge < -0.3 is 9.84 Å². The first kappa shape index (κ1) is 21.2. The number of ether oxygens (including phenoxy) is 1. The molecule has 0 spiro atoms. The van der Waals surface area contributed by atoms with E-state index in [2.05, 4.69) is 51.1 Å². The molecule has 2 atom stereocenters. The van der Waals surface area contributed by atoms with Crippen LogP contribution < -0.4 is 4.74 Å². The standard InChI is InChI=1S/C27H31NO3/c1-27(2,3)17-24(23-13-8-11-19-9-4-6-12-22(19)23)28(26(29)30)18-21-16-15-20-10-5-7-14-25(20)31-21/h4-14,21,24H,15-18H2,1-3H3,(H,29,30)/t21-,24-/m1/s1. The predicted octanol–water partition coefficient (Wildman–Crippen LogP) is 6.69. The van der Waals surface area contributed by atoms with Gasteiger partial charge in [0.15, 0.2) is 0 Å². The van der Waals surface area contributed by atoms with Crippen molar-refractivity contribution in [1.29, 1.82) is 0 Å². The Kier molecular flexibility index (Phi) is 5.90. The lowest BCUT2D eigenvalue weighted by molar-refractivity contribution is 0.0671. The molecule has 4 heteroatoms. The molecule has 1 N–H and O–H groups in total. The van der Waals surface area contributed by atoms with Gasteiger partial charge in [-0.3, -0.25) is 4.90 Å². The van der Waals surface area contributed by atoms with Crippen molar-refractivity contribution in [2.75, 3.05) is 6.54 Å². The zero-order valence-corrected chi connectivity index (χ0v) is 18.5. The number of hydrogen-bond acceptors (Lipinski definition) is 2. The van der Waals surface area contributed by atoms with Gasteiger partial charge in [-0.25, -0.2) is 4.79 Å². The number of carbonyl (C=O) groups is 1. The third-order valence-electron chi connectivity index (χ3n) is 6.01. The Bertz CT molecular complexity index is 1060. The van der Waals surface area contributed by atoms with E-state index >= 15 is 0 Å². The largest absolute Gasteiger partial charge is 0.488 e. The van der Waals surface area contributed by atoms with Crippen molar-refractivity contribution in [3.05, 3.63) is 77.9 Å². The zero-order valence-electron chi connectivity index (χ0n) is 18.5. The summed E-state index contributed by atoms with van der Waals surface area (Å²) in [5.41, 5.74) is 2.22. The first-order valence-corrected chi connectivity index (χ1v) is 11.0. The molecule has 4 rings (SSSR count). The molecule has 0 aromatic heterocycles. The van der Waals surface area contributed by atoms with E-state index in [0.29, 0.717) is 6.54 Å². The minimum Gasteiger partial charge on any atom is -0.488 e. The van der Waals surface area contributed by atoms with Crippen LogP contribution in [-0.2, 0) is 6.42 Å². The molecule has 0 bridgehead atoms. The zero-order chi connectivity index (χ0) is 22.0. The summed E-state index contributed by atoms with van der Waals surface area (Å²) in [6.07, 6.45) is 1.41. The molecule has 1 heterocycles. The van der Waals surface area contributed by atoms with Crippen molar-refractivity contribution in [2.45, 2.75) is 52.2 Å². The van der Waals surface area contributed by atoms with Gasteiger partial charge in [0.25, 0.3) is 0 Å². The van der Waals surface area contributed by atoms with Gasteiger partial charge in [-0.2, -0.15) is 0 Å². The third-order valence-corrected chi connectivity index (χ3v) is 6.01. The number of para-hydroxylation sites is 1. The average molecular weight is 418 g/mol. The molecule has 4 nitrogen and oxygen atoms in total. The number of amides is 1. The summed E-state index contributed by atoms with van der Waals surface area (Å²) in [5, 5.41) is 12.5. The lowest BCUT2D eigenvalue weighted by atomic mass is 9.83. The molecular formula is C27H31NO3. The van der Waals surface area contributed by atoms with E-state index < -0.39 is 6.09 Å². The van der Waals surface area contributed by atoms with Crippen LogP contribution >= 0.6 is 0 Å². The SMILES string of the molecule is CC(C)(C)C[C@H](c1cccc2ccccc12)N(C[C@H]1CCc2ccccc2O1)C(=O)O. The summed E-state index contributed by atoms with van der Waals surface area (Å²) >= 11 is 0. The maximum atomic E-state index is 12.5. The molecular weight excluding hydrogens is 386 g/mol. The Hall–Kier alpha value is -3.01. The van der Waals surface area contributed by atoms with Gasteiger partial charge >= 0.3 is 6.09 Å². The van der Waals surface area contributed by atoms with Crippen molar-refractivity contribution in [3.63, 3.8) is 0 Å². The number of benzene rings is 3. The molecule has 0 fully saturated rings. The summed E-state index contributed by atoms with van der Waals surface area (Å²) in [7, 11) is 0. The van der Waals surface area contributed by atoms with E-state index in [1.807, 2.05) is 36.4 Å². The van der Waals surface area contributed by atoms with Crippen LogP contribution in [0.1, 0.15) is 50.8 Å². The normalized spacial score (nSPS) is 16.9. The van der Waals surface area contributed by atoms with Crippen LogP contribution in [0.15, 0.2) is 66.7 Å². The lowest BCUT2D eigenvalue weighted by Gasteiger charge is -2.38. The van der Waals surface area contributed by atoms with Crippen LogP contribution in [0.2, 0.25) is 0 Å². The van der Waals surface area contributed by atoms with E-state index in [9.17, 15) is 9.90 Å². The number of fused-ring (bicyclic) bond motifs is 2. The molecule has 1 aliphatic rings. The van der Waals surface area contributed by atoms with Gasteiger partial charge in [-0.1, -0.05) is 81.4 Å². The second-order valence-electron chi connectivity index (χ2n) is 9.67. The van der Waals surface area contributed by atoms with Crippen LogP contribution in [0, 0.1) is 5.41 Å². The monoisotopic (exact) mass is 417 g/mol. The van der Waals surface area contributed by atoms with Gasteiger partial charge in [0.1, 0.15) is 11.9 Å². The fraction of sp³-hybridized carbons (Fsp3) is 0.370. The minimum atomic E-state index is -0.898. The molecule has 0 radical (unpaired) electrons.